The predicted octanol–water partition coefficient (Wildman–Crippen LogP) is 1.78. The smallest absolute Gasteiger partial charge is 0.244 e. The Morgan fingerprint density at radius 1 is 1.19 bits per heavy atom. The average Bonchev–Trinajstić information content (AvgIpc) is 2.49. The van der Waals surface area contributed by atoms with E-state index in [0.29, 0.717) is 24.8 Å². The lowest BCUT2D eigenvalue weighted by Gasteiger charge is -2.43. The Morgan fingerprint density at radius 2 is 2.00 bits per heavy atom. The third-order valence-corrected chi connectivity index (χ3v) is 6.72. The standard InChI is InChI=1S/C14H20ClN3O2S/c15-13-5-4-11(16)9-14(13)21(19,20)18-8-7-17-6-2-1-3-12(17)10-18/h4-5,9,12H,1-3,6-8,10,16H2. The Labute approximate surface area is 130 Å². The summed E-state index contributed by atoms with van der Waals surface area (Å²) in [5.74, 6) is 0. The number of nitrogen functional groups attached to an aromatic ring is 1. The highest BCUT2D eigenvalue weighted by Gasteiger charge is 2.35. The van der Waals surface area contributed by atoms with Crippen LogP contribution in [0.25, 0.3) is 0 Å². The molecular formula is C14H20ClN3O2S. The second-order valence-corrected chi connectivity index (χ2v) is 8.05. The van der Waals surface area contributed by atoms with Gasteiger partial charge in [0.05, 0.1) is 5.02 Å². The minimum Gasteiger partial charge on any atom is -0.399 e. The molecule has 0 spiro atoms. The van der Waals surface area contributed by atoms with Crippen molar-refractivity contribution >= 4 is 27.3 Å². The molecule has 1 aromatic carbocycles. The predicted molar refractivity (Wildman–Crippen MR) is 83.8 cm³/mol. The summed E-state index contributed by atoms with van der Waals surface area (Å²) in [6.07, 6.45) is 3.45. The largest absolute Gasteiger partial charge is 0.399 e. The molecule has 2 aliphatic rings. The van der Waals surface area contributed by atoms with Gasteiger partial charge in [-0.2, -0.15) is 4.31 Å². The Bertz CT molecular complexity index is 635. The van der Waals surface area contributed by atoms with Crippen molar-refractivity contribution in [3.8, 4) is 0 Å². The molecule has 116 valence electrons. The van der Waals surface area contributed by atoms with Gasteiger partial charge in [0.1, 0.15) is 4.90 Å². The van der Waals surface area contributed by atoms with E-state index in [1.807, 2.05) is 0 Å². The van der Waals surface area contributed by atoms with Gasteiger partial charge in [0.25, 0.3) is 0 Å². The van der Waals surface area contributed by atoms with Crippen LogP contribution in [0.3, 0.4) is 0 Å². The molecule has 0 amide bonds. The fourth-order valence-corrected chi connectivity index (χ4v) is 5.18. The summed E-state index contributed by atoms with van der Waals surface area (Å²) in [6, 6.07) is 4.94. The number of nitrogens with two attached hydrogens (primary N) is 1. The van der Waals surface area contributed by atoms with Crippen LogP contribution in [-0.2, 0) is 10.0 Å². The van der Waals surface area contributed by atoms with Crippen LogP contribution in [0.4, 0.5) is 5.69 Å². The minimum atomic E-state index is -3.57. The number of rotatable bonds is 2. The van der Waals surface area contributed by atoms with E-state index in [9.17, 15) is 8.42 Å². The van der Waals surface area contributed by atoms with E-state index < -0.39 is 10.0 Å². The van der Waals surface area contributed by atoms with Crippen LogP contribution in [0.15, 0.2) is 23.1 Å². The number of hydrogen-bond acceptors (Lipinski definition) is 4. The number of sulfonamides is 1. The molecule has 0 aliphatic carbocycles. The van der Waals surface area contributed by atoms with Crippen LogP contribution in [0.5, 0.6) is 0 Å². The summed E-state index contributed by atoms with van der Waals surface area (Å²) in [7, 11) is -3.57. The molecule has 1 aromatic rings. The van der Waals surface area contributed by atoms with Crippen molar-refractivity contribution in [3.05, 3.63) is 23.2 Å². The molecule has 0 radical (unpaired) electrons. The lowest BCUT2D eigenvalue weighted by Crippen LogP contribution is -2.56. The van der Waals surface area contributed by atoms with E-state index in [1.54, 1.807) is 16.4 Å². The van der Waals surface area contributed by atoms with Gasteiger partial charge in [0, 0.05) is 31.4 Å². The second kappa shape index (κ2) is 5.76. The number of piperidine rings is 1. The summed E-state index contributed by atoms with van der Waals surface area (Å²) in [6.45, 7) is 2.94. The number of halogens is 1. The Morgan fingerprint density at radius 3 is 2.81 bits per heavy atom. The summed E-state index contributed by atoms with van der Waals surface area (Å²) in [5.41, 5.74) is 6.12. The van der Waals surface area contributed by atoms with E-state index in [2.05, 4.69) is 4.90 Å². The van der Waals surface area contributed by atoms with Gasteiger partial charge in [-0.05, 0) is 37.6 Å². The number of anilines is 1. The van der Waals surface area contributed by atoms with Gasteiger partial charge in [0.2, 0.25) is 10.0 Å². The normalized spacial score (nSPS) is 24.7. The summed E-state index contributed by atoms with van der Waals surface area (Å²) >= 11 is 6.07. The highest BCUT2D eigenvalue weighted by atomic mass is 35.5. The maximum absolute atomic E-state index is 12.8. The van der Waals surface area contributed by atoms with Gasteiger partial charge in [-0.25, -0.2) is 8.42 Å². The molecule has 2 N–H and O–H groups in total. The highest BCUT2D eigenvalue weighted by molar-refractivity contribution is 7.89. The van der Waals surface area contributed by atoms with Crippen molar-refractivity contribution in [1.29, 1.82) is 0 Å². The first-order chi connectivity index (χ1) is 9.98. The molecule has 7 heteroatoms. The molecule has 5 nitrogen and oxygen atoms in total. The first-order valence-electron chi connectivity index (χ1n) is 7.28. The quantitative estimate of drug-likeness (QED) is 0.840. The van der Waals surface area contributed by atoms with Crippen molar-refractivity contribution in [2.45, 2.75) is 30.2 Å². The van der Waals surface area contributed by atoms with Crippen LogP contribution < -0.4 is 5.73 Å². The van der Waals surface area contributed by atoms with Crippen molar-refractivity contribution < 1.29 is 8.42 Å². The maximum Gasteiger partial charge on any atom is 0.244 e. The fraction of sp³-hybridized carbons (Fsp3) is 0.571. The molecule has 2 saturated heterocycles. The van der Waals surface area contributed by atoms with Crippen molar-refractivity contribution in [1.82, 2.24) is 9.21 Å². The van der Waals surface area contributed by atoms with Gasteiger partial charge in [-0.15, -0.1) is 0 Å². The SMILES string of the molecule is Nc1ccc(Cl)c(S(=O)(=O)N2CCN3CCCCC3C2)c1. The lowest BCUT2D eigenvalue weighted by atomic mass is 10.0. The number of hydrogen-bond donors (Lipinski definition) is 1. The molecular weight excluding hydrogens is 310 g/mol. The number of fused-ring (bicyclic) bond motifs is 1. The van der Waals surface area contributed by atoms with Crippen LogP contribution in [0, 0.1) is 0 Å². The van der Waals surface area contributed by atoms with Crippen molar-refractivity contribution in [2.24, 2.45) is 0 Å². The second-order valence-electron chi connectivity index (χ2n) is 5.74. The van der Waals surface area contributed by atoms with Gasteiger partial charge in [-0.3, -0.25) is 4.90 Å². The zero-order valence-electron chi connectivity index (χ0n) is 11.8. The molecule has 1 unspecified atom stereocenters. The number of piperazine rings is 1. The van der Waals surface area contributed by atoms with Gasteiger partial charge in [-0.1, -0.05) is 18.0 Å². The molecule has 0 saturated carbocycles. The van der Waals surface area contributed by atoms with E-state index in [1.165, 1.54) is 18.9 Å². The topological polar surface area (TPSA) is 66.6 Å². The van der Waals surface area contributed by atoms with Gasteiger partial charge < -0.3 is 5.73 Å². The van der Waals surface area contributed by atoms with E-state index in [-0.39, 0.29) is 9.92 Å². The molecule has 3 rings (SSSR count). The fourth-order valence-electron chi connectivity index (χ4n) is 3.20. The highest BCUT2D eigenvalue weighted by Crippen LogP contribution is 2.29. The monoisotopic (exact) mass is 329 g/mol. The van der Waals surface area contributed by atoms with Crippen molar-refractivity contribution in [3.63, 3.8) is 0 Å². The Kier molecular flexibility index (Phi) is 4.14. The van der Waals surface area contributed by atoms with E-state index in [4.69, 9.17) is 17.3 Å². The Hall–Kier alpha value is -0.820. The lowest BCUT2D eigenvalue weighted by molar-refractivity contribution is 0.0852. The number of benzene rings is 1. The zero-order chi connectivity index (χ0) is 15.0. The maximum atomic E-state index is 12.8. The molecule has 21 heavy (non-hydrogen) atoms. The van der Waals surface area contributed by atoms with Crippen LogP contribution in [0.1, 0.15) is 19.3 Å². The first-order valence-corrected chi connectivity index (χ1v) is 9.09. The summed E-state index contributed by atoms with van der Waals surface area (Å²) < 4.78 is 27.2. The summed E-state index contributed by atoms with van der Waals surface area (Å²) in [5, 5.41) is 0.232. The van der Waals surface area contributed by atoms with Crippen LogP contribution >= 0.6 is 11.6 Å². The van der Waals surface area contributed by atoms with Crippen molar-refractivity contribution in [2.75, 3.05) is 31.9 Å². The Balaban J connectivity index is 1.86. The first kappa shape index (κ1) is 15.1. The zero-order valence-corrected chi connectivity index (χ0v) is 13.4. The summed E-state index contributed by atoms with van der Waals surface area (Å²) in [4.78, 5) is 2.52. The van der Waals surface area contributed by atoms with Gasteiger partial charge in [0.15, 0.2) is 0 Å². The molecule has 2 aliphatic heterocycles. The van der Waals surface area contributed by atoms with E-state index in [0.717, 1.165) is 19.5 Å². The average molecular weight is 330 g/mol. The van der Waals surface area contributed by atoms with E-state index >= 15 is 0 Å². The molecule has 2 fully saturated rings. The van der Waals surface area contributed by atoms with Crippen LogP contribution in [-0.4, -0.2) is 49.8 Å². The molecule has 1 atom stereocenters. The minimum absolute atomic E-state index is 0.119. The van der Waals surface area contributed by atoms with Gasteiger partial charge >= 0.3 is 0 Å². The third kappa shape index (κ3) is 2.90. The molecule has 2 heterocycles. The molecule has 0 bridgehead atoms. The number of nitrogens with zero attached hydrogens (tertiary/aromatic N) is 2. The molecule has 0 aromatic heterocycles. The van der Waals surface area contributed by atoms with Crippen LogP contribution in [0.2, 0.25) is 5.02 Å². The third-order valence-electron chi connectivity index (χ3n) is 4.37.